The molecular formula is C17H16N4OS2. The van der Waals surface area contributed by atoms with Crippen LogP contribution in [0.2, 0.25) is 0 Å². The Morgan fingerprint density at radius 1 is 1.25 bits per heavy atom. The lowest BCUT2D eigenvalue weighted by molar-refractivity contribution is 0.751. The maximum Gasteiger partial charge on any atom is 0.260 e. The van der Waals surface area contributed by atoms with Crippen molar-refractivity contribution in [3.8, 4) is 11.1 Å². The number of hydrogen-bond acceptors (Lipinski definition) is 6. The molecule has 0 radical (unpaired) electrons. The third-order valence-corrected chi connectivity index (χ3v) is 5.63. The molecule has 3 heterocycles. The van der Waals surface area contributed by atoms with Crippen molar-refractivity contribution in [3.63, 3.8) is 0 Å². The van der Waals surface area contributed by atoms with Crippen molar-refractivity contribution in [2.24, 2.45) is 4.99 Å². The molecule has 122 valence electrons. The number of H-pyrrole nitrogens is 1. The fourth-order valence-corrected chi connectivity index (χ4v) is 4.40. The van der Waals surface area contributed by atoms with Gasteiger partial charge in [0, 0.05) is 24.0 Å². The quantitative estimate of drug-likeness (QED) is 0.756. The summed E-state index contributed by atoms with van der Waals surface area (Å²) in [6, 6.07) is 9.94. The van der Waals surface area contributed by atoms with Gasteiger partial charge in [-0.25, -0.2) is 4.98 Å². The normalized spacial score (nSPS) is 14.4. The highest BCUT2D eigenvalue weighted by atomic mass is 32.2. The fourth-order valence-electron chi connectivity index (χ4n) is 2.64. The second kappa shape index (κ2) is 6.78. The molecule has 0 aliphatic carbocycles. The van der Waals surface area contributed by atoms with Crippen LogP contribution in [0, 0.1) is 0 Å². The first-order valence-corrected chi connectivity index (χ1v) is 9.65. The fraction of sp³-hybridized carbons (Fsp3) is 0.235. The third kappa shape index (κ3) is 3.09. The van der Waals surface area contributed by atoms with E-state index in [0.29, 0.717) is 17.0 Å². The van der Waals surface area contributed by atoms with E-state index in [9.17, 15) is 4.79 Å². The zero-order valence-electron chi connectivity index (χ0n) is 12.9. The lowest BCUT2D eigenvalue weighted by Gasteiger charge is -2.13. The van der Waals surface area contributed by atoms with Gasteiger partial charge in [0.25, 0.3) is 5.56 Å². The van der Waals surface area contributed by atoms with E-state index < -0.39 is 0 Å². The Bertz CT molecular complexity index is 946. The van der Waals surface area contributed by atoms with Crippen molar-refractivity contribution in [1.29, 1.82) is 0 Å². The van der Waals surface area contributed by atoms with Gasteiger partial charge in [-0.2, -0.15) is 0 Å². The number of hydrogen-bond donors (Lipinski definition) is 2. The first-order chi connectivity index (χ1) is 11.8. The van der Waals surface area contributed by atoms with Gasteiger partial charge in [-0.15, -0.1) is 11.3 Å². The lowest BCUT2D eigenvalue weighted by Crippen LogP contribution is -2.27. The van der Waals surface area contributed by atoms with E-state index in [1.807, 2.05) is 35.7 Å². The molecule has 0 atom stereocenters. The molecular weight excluding hydrogens is 340 g/mol. The SMILES string of the molecule is O=c1[nH]c(CSC2=NCCCN2)nc2scc(-c3ccccc3)c12. The summed E-state index contributed by atoms with van der Waals surface area (Å²) >= 11 is 3.09. The van der Waals surface area contributed by atoms with Gasteiger partial charge >= 0.3 is 0 Å². The summed E-state index contributed by atoms with van der Waals surface area (Å²) in [7, 11) is 0. The van der Waals surface area contributed by atoms with Crippen LogP contribution in [0.5, 0.6) is 0 Å². The number of aromatic amines is 1. The van der Waals surface area contributed by atoms with Crippen LogP contribution in [0.25, 0.3) is 21.3 Å². The number of thioether (sulfide) groups is 1. The molecule has 0 spiro atoms. The molecule has 4 rings (SSSR count). The van der Waals surface area contributed by atoms with E-state index in [1.165, 1.54) is 11.3 Å². The van der Waals surface area contributed by atoms with Gasteiger partial charge in [-0.1, -0.05) is 42.1 Å². The second-order valence-corrected chi connectivity index (χ2v) is 7.29. The lowest BCUT2D eigenvalue weighted by atomic mass is 10.1. The molecule has 0 fully saturated rings. The van der Waals surface area contributed by atoms with Gasteiger partial charge in [-0.05, 0) is 12.0 Å². The van der Waals surface area contributed by atoms with Crippen molar-refractivity contribution in [1.82, 2.24) is 15.3 Å². The van der Waals surface area contributed by atoms with Crippen molar-refractivity contribution in [2.45, 2.75) is 12.2 Å². The summed E-state index contributed by atoms with van der Waals surface area (Å²) in [5.74, 6) is 1.30. The van der Waals surface area contributed by atoms with Gasteiger partial charge in [0.15, 0.2) is 5.17 Å². The van der Waals surface area contributed by atoms with Crippen LogP contribution >= 0.6 is 23.1 Å². The Labute approximate surface area is 147 Å². The zero-order valence-corrected chi connectivity index (χ0v) is 14.5. The molecule has 0 amide bonds. The maximum atomic E-state index is 12.6. The number of nitrogens with one attached hydrogen (secondary N) is 2. The molecule has 0 saturated heterocycles. The second-order valence-electron chi connectivity index (χ2n) is 5.46. The molecule has 1 aliphatic heterocycles. The topological polar surface area (TPSA) is 70.1 Å². The number of aromatic nitrogens is 2. The van der Waals surface area contributed by atoms with E-state index in [1.54, 1.807) is 11.8 Å². The van der Waals surface area contributed by atoms with Crippen LogP contribution in [0.3, 0.4) is 0 Å². The predicted octanol–water partition coefficient (Wildman–Crippen LogP) is 3.23. The molecule has 2 aromatic heterocycles. The van der Waals surface area contributed by atoms with Crippen molar-refractivity contribution in [2.75, 3.05) is 13.1 Å². The Balaban J connectivity index is 1.64. The summed E-state index contributed by atoms with van der Waals surface area (Å²) < 4.78 is 0. The van der Waals surface area contributed by atoms with Crippen LogP contribution in [-0.2, 0) is 5.75 Å². The van der Waals surface area contributed by atoms with Crippen LogP contribution in [-0.4, -0.2) is 28.2 Å². The molecule has 3 aromatic rings. The molecule has 0 saturated carbocycles. The number of nitrogens with zero attached hydrogens (tertiary/aromatic N) is 2. The van der Waals surface area contributed by atoms with E-state index in [0.717, 1.165) is 40.6 Å². The highest BCUT2D eigenvalue weighted by Gasteiger charge is 2.13. The average molecular weight is 356 g/mol. The summed E-state index contributed by atoms with van der Waals surface area (Å²) in [5.41, 5.74) is 1.91. The molecule has 1 aliphatic rings. The van der Waals surface area contributed by atoms with E-state index in [2.05, 4.69) is 20.3 Å². The van der Waals surface area contributed by atoms with Crippen molar-refractivity contribution >= 4 is 38.5 Å². The van der Waals surface area contributed by atoms with E-state index in [-0.39, 0.29) is 5.56 Å². The van der Waals surface area contributed by atoms with Gasteiger partial charge in [0.2, 0.25) is 0 Å². The van der Waals surface area contributed by atoms with Crippen LogP contribution < -0.4 is 10.9 Å². The number of amidine groups is 1. The zero-order chi connectivity index (χ0) is 16.4. The summed E-state index contributed by atoms with van der Waals surface area (Å²) in [6.45, 7) is 1.82. The monoisotopic (exact) mass is 356 g/mol. The highest BCUT2D eigenvalue weighted by molar-refractivity contribution is 8.13. The number of fused-ring (bicyclic) bond motifs is 1. The Hall–Kier alpha value is -2.12. The molecule has 7 heteroatoms. The minimum absolute atomic E-state index is 0.0748. The van der Waals surface area contributed by atoms with Crippen LogP contribution in [0.4, 0.5) is 0 Å². The van der Waals surface area contributed by atoms with Gasteiger partial charge < -0.3 is 10.3 Å². The molecule has 24 heavy (non-hydrogen) atoms. The van der Waals surface area contributed by atoms with Gasteiger partial charge in [0.05, 0.1) is 11.1 Å². The maximum absolute atomic E-state index is 12.6. The molecule has 0 unspecified atom stereocenters. The number of rotatable bonds is 3. The van der Waals surface area contributed by atoms with Crippen molar-refractivity contribution < 1.29 is 0 Å². The van der Waals surface area contributed by atoms with Gasteiger partial charge in [0.1, 0.15) is 10.7 Å². The van der Waals surface area contributed by atoms with E-state index >= 15 is 0 Å². The molecule has 1 aromatic carbocycles. The number of benzene rings is 1. The standard InChI is InChI=1S/C17H16N4OS2/c22-15-14-12(11-5-2-1-3-6-11)9-23-16(14)21-13(20-15)10-24-17-18-7-4-8-19-17/h1-3,5-6,9H,4,7-8,10H2,(H,18,19)(H,20,21,22). The molecule has 0 bridgehead atoms. The minimum Gasteiger partial charge on any atom is -0.365 e. The first kappa shape index (κ1) is 15.4. The molecule has 5 nitrogen and oxygen atoms in total. The first-order valence-electron chi connectivity index (χ1n) is 7.78. The molecule has 2 N–H and O–H groups in total. The average Bonchev–Trinajstić information content (AvgIpc) is 3.06. The Morgan fingerprint density at radius 2 is 2.12 bits per heavy atom. The predicted molar refractivity (Wildman–Crippen MR) is 102 cm³/mol. The van der Waals surface area contributed by atoms with Crippen LogP contribution in [0.1, 0.15) is 12.2 Å². The largest absolute Gasteiger partial charge is 0.365 e. The smallest absolute Gasteiger partial charge is 0.260 e. The van der Waals surface area contributed by atoms with Gasteiger partial charge in [-0.3, -0.25) is 9.79 Å². The highest BCUT2D eigenvalue weighted by Crippen LogP contribution is 2.30. The summed E-state index contributed by atoms with van der Waals surface area (Å²) in [4.78, 5) is 25.3. The van der Waals surface area contributed by atoms with Crippen LogP contribution in [0.15, 0.2) is 45.5 Å². The number of aliphatic imine (C=N–C) groups is 1. The summed E-state index contributed by atoms with van der Waals surface area (Å²) in [6.07, 6.45) is 1.07. The van der Waals surface area contributed by atoms with E-state index in [4.69, 9.17) is 0 Å². The Kier molecular flexibility index (Phi) is 4.36. The minimum atomic E-state index is -0.0748. The number of thiophene rings is 1. The van der Waals surface area contributed by atoms with Crippen molar-refractivity contribution in [3.05, 3.63) is 51.9 Å². The third-order valence-electron chi connectivity index (χ3n) is 3.79. The Morgan fingerprint density at radius 3 is 2.92 bits per heavy atom. The summed E-state index contributed by atoms with van der Waals surface area (Å²) in [5, 5.41) is 6.87.